The lowest BCUT2D eigenvalue weighted by Crippen LogP contribution is -2.20. The van der Waals surface area contributed by atoms with Crippen LogP contribution in [0.15, 0.2) is 47.4 Å². The number of benzene rings is 2. The highest BCUT2D eigenvalue weighted by Gasteiger charge is 2.37. The Labute approximate surface area is 142 Å². The number of sulfonamides is 1. The number of alkyl halides is 3. The first-order chi connectivity index (χ1) is 11.0. The maximum absolute atomic E-state index is 13.1. The minimum atomic E-state index is -4.79. The van der Waals surface area contributed by atoms with Crippen LogP contribution in [-0.2, 0) is 16.2 Å². The summed E-state index contributed by atoms with van der Waals surface area (Å²) in [4.78, 5) is 0.770. The van der Waals surface area contributed by atoms with Crippen molar-refractivity contribution in [3.05, 3.63) is 53.1 Å². The third-order valence-corrected chi connectivity index (χ3v) is 4.83. The van der Waals surface area contributed by atoms with E-state index in [0.717, 1.165) is 18.2 Å². The second-order valence-corrected chi connectivity index (χ2v) is 7.24. The van der Waals surface area contributed by atoms with Gasteiger partial charge in [0.05, 0.1) is 21.8 Å². The molecule has 0 radical (unpaired) electrons. The summed E-state index contributed by atoms with van der Waals surface area (Å²) < 4.78 is 66.4. The summed E-state index contributed by atoms with van der Waals surface area (Å²) in [5.74, 6) is 0. The largest absolute Gasteiger partial charge is 0.417 e. The SMILES string of the molecule is CN(C)c1ccc(Cl)cc1NS(=O)(=O)c1ccccc1C(F)(F)F. The van der Waals surface area contributed by atoms with Gasteiger partial charge in [0.1, 0.15) is 0 Å². The van der Waals surface area contributed by atoms with Gasteiger partial charge in [-0.05, 0) is 30.3 Å². The molecule has 0 spiro atoms. The molecule has 0 aliphatic rings. The third-order valence-electron chi connectivity index (χ3n) is 3.17. The molecular weight excluding hydrogens is 365 g/mol. The highest BCUT2D eigenvalue weighted by molar-refractivity contribution is 7.92. The quantitative estimate of drug-likeness (QED) is 0.866. The van der Waals surface area contributed by atoms with Crippen LogP contribution < -0.4 is 9.62 Å². The molecule has 0 heterocycles. The van der Waals surface area contributed by atoms with E-state index < -0.39 is 26.7 Å². The Kier molecular flexibility index (Phi) is 5.00. The maximum Gasteiger partial charge on any atom is 0.417 e. The van der Waals surface area contributed by atoms with Gasteiger partial charge in [0.25, 0.3) is 10.0 Å². The summed E-state index contributed by atoms with van der Waals surface area (Å²) in [5, 5.41) is 0.252. The van der Waals surface area contributed by atoms with Gasteiger partial charge in [0.2, 0.25) is 0 Å². The molecule has 0 aliphatic heterocycles. The van der Waals surface area contributed by atoms with Crippen molar-refractivity contribution in [3.8, 4) is 0 Å². The van der Waals surface area contributed by atoms with Gasteiger partial charge in [-0.3, -0.25) is 4.72 Å². The Morgan fingerprint density at radius 3 is 2.29 bits per heavy atom. The molecule has 130 valence electrons. The van der Waals surface area contributed by atoms with Crippen LogP contribution in [0.5, 0.6) is 0 Å². The van der Waals surface area contributed by atoms with Crippen molar-refractivity contribution in [1.29, 1.82) is 0 Å². The van der Waals surface area contributed by atoms with E-state index >= 15 is 0 Å². The van der Waals surface area contributed by atoms with E-state index in [2.05, 4.69) is 4.72 Å². The van der Waals surface area contributed by atoms with E-state index in [1.165, 1.54) is 12.1 Å². The fraction of sp³-hybridized carbons (Fsp3) is 0.200. The number of rotatable bonds is 4. The van der Waals surface area contributed by atoms with Crippen molar-refractivity contribution < 1.29 is 21.6 Å². The van der Waals surface area contributed by atoms with Crippen LogP contribution in [0.25, 0.3) is 0 Å². The van der Waals surface area contributed by atoms with Crippen LogP contribution in [0, 0.1) is 0 Å². The molecule has 0 unspecified atom stereocenters. The van der Waals surface area contributed by atoms with E-state index in [1.54, 1.807) is 31.1 Å². The predicted molar refractivity (Wildman–Crippen MR) is 88.0 cm³/mol. The zero-order valence-electron chi connectivity index (χ0n) is 12.7. The summed E-state index contributed by atoms with van der Waals surface area (Å²) in [6, 6.07) is 8.45. The van der Waals surface area contributed by atoms with Crippen molar-refractivity contribution in [3.63, 3.8) is 0 Å². The Morgan fingerprint density at radius 1 is 1.08 bits per heavy atom. The molecule has 0 aromatic heterocycles. The van der Waals surface area contributed by atoms with Crippen LogP contribution in [0.4, 0.5) is 24.5 Å². The monoisotopic (exact) mass is 378 g/mol. The van der Waals surface area contributed by atoms with Gasteiger partial charge in [0, 0.05) is 19.1 Å². The summed E-state index contributed by atoms with van der Waals surface area (Å²) >= 11 is 5.87. The molecule has 2 rings (SSSR count). The van der Waals surface area contributed by atoms with Crippen molar-refractivity contribution in [1.82, 2.24) is 0 Å². The molecule has 0 aliphatic carbocycles. The fourth-order valence-electron chi connectivity index (χ4n) is 2.11. The van der Waals surface area contributed by atoms with Gasteiger partial charge >= 0.3 is 6.18 Å². The summed E-state index contributed by atoms with van der Waals surface area (Å²) in [6.07, 6.45) is -4.79. The van der Waals surface area contributed by atoms with Gasteiger partial charge in [-0.2, -0.15) is 13.2 Å². The van der Waals surface area contributed by atoms with Crippen LogP contribution in [0.1, 0.15) is 5.56 Å². The topological polar surface area (TPSA) is 49.4 Å². The molecule has 0 fully saturated rings. The number of nitrogens with zero attached hydrogens (tertiary/aromatic N) is 1. The molecule has 0 saturated carbocycles. The standard InChI is InChI=1S/C15H14ClF3N2O2S/c1-21(2)13-8-7-10(16)9-12(13)20-24(22,23)14-6-4-3-5-11(14)15(17,18)19/h3-9,20H,1-2H3. The van der Waals surface area contributed by atoms with Crippen LogP contribution >= 0.6 is 11.6 Å². The second-order valence-electron chi connectivity index (χ2n) is 5.16. The summed E-state index contributed by atoms with van der Waals surface area (Å²) in [6.45, 7) is 0. The van der Waals surface area contributed by atoms with E-state index in [9.17, 15) is 21.6 Å². The number of anilines is 2. The molecule has 2 aromatic carbocycles. The average molecular weight is 379 g/mol. The van der Waals surface area contributed by atoms with Crippen LogP contribution in [-0.4, -0.2) is 22.5 Å². The van der Waals surface area contributed by atoms with Gasteiger partial charge in [0.15, 0.2) is 0 Å². The molecule has 0 atom stereocenters. The molecule has 24 heavy (non-hydrogen) atoms. The predicted octanol–water partition coefficient (Wildman–Crippen LogP) is 4.23. The van der Waals surface area contributed by atoms with Gasteiger partial charge in [-0.1, -0.05) is 23.7 Å². The lowest BCUT2D eigenvalue weighted by Gasteiger charge is -2.20. The van der Waals surface area contributed by atoms with Gasteiger partial charge < -0.3 is 4.90 Å². The Balaban J connectivity index is 2.54. The molecule has 0 bridgehead atoms. The maximum atomic E-state index is 13.1. The average Bonchev–Trinajstić information content (AvgIpc) is 2.45. The van der Waals surface area contributed by atoms with Crippen molar-refractivity contribution in [2.24, 2.45) is 0 Å². The molecular formula is C15H14ClF3N2O2S. The Morgan fingerprint density at radius 2 is 1.71 bits per heavy atom. The summed E-state index contributed by atoms with van der Waals surface area (Å²) in [5.41, 5.74) is -0.678. The normalized spacial score (nSPS) is 12.1. The van der Waals surface area contributed by atoms with E-state index in [-0.39, 0.29) is 10.7 Å². The zero-order chi connectivity index (χ0) is 18.1. The Bertz CT molecular complexity index is 852. The van der Waals surface area contributed by atoms with E-state index in [4.69, 9.17) is 11.6 Å². The minimum absolute atomic E-state index is 0.0875. The number of hydrogen-bond acceptors (Lipinski definition) is 3. The Hall–Kier alpha value is -1.93. The van der Waals surface area contributed by atoms with Crippen LogP contribution in [0.3, 0.4) is 0 Å². The third kappa shape index (κ3) is 3.93. The number of halogens is 4. The lowest BCUT2D eigenvalue weighted by atomic mass is 10.2. The minimum Gasteiger partial charge on any atom is -0.376 e. The first-order valence-electron chi connectivity index (χ1n) is 6.68. The molecule has 4 nitrogen and oxygen atoms in total. The number of hydrogen-bond donors (Lipinski definition) is 1. The van der Waals surface area contributed by atoms with Crippen molar-refractivity contribution in [2.75, 3.05) is 23.7 Å². The van der Waals surface area contributed by atoms with Crippen molar-refractivity contribution >= 4 is 33.0 Å². The highest BCUT2D eigenvalue weighted by Crippen LogP contribution is 2.36. The zero-order valence-corrected chi connectivity index (χ0v) is 14.3. The highest BCUT2D eigenvalue weighted by atomic mass is 35.5. The number of nitrogens with one attached hydrogen (secondary N) is 1. The van der Waals surface area contributed by atoms with Gasteiger partial charge in [-0.15, -0.1) is 0 Å². The second kappa shape index (κ2) is 6.52. The van der Waals surface area contributed by atoms with E-state index in [0.29, 0.717) is 5.69 Å². The molecule has 1 N–H and O–H groups in total. The molecule has 0 amide bonds. The fourth-order valence-corrected chi connectivity index (χ4v) is 3.58. The molecule has 2 aromatic rings. The van der Waals surface area contributed by atoms with Gasteiger partial charge in [-0.25, -0.2) is 8.42 Å². The lowest BCUT2D eigenvalue weighted by molar-refractivity contribution is -0.139. The summed E-state index contributed by atoms with van der Waals surface area (Å²) in [7, 11) is -1.11. The van der Waals surface area contributed by atoms with E-state index in [1.807, 2.05) is 0 Å². The first kappa shape index (κ1) is 18.4. The molecule has 9 heteroatoms. The molecule has 0 saturated heterocycles. The van der Waals surface area contributed by atoms with Crippen LogP contribution in [0.2, 0.25) is 5.02 Å². The van der Waals surface area contributed by atoms with Crippen molar-refractivity contribution in [2.45, 2.75) is 11.1 Å². The first-order valence-corrected chi connectivity index (χ1v) is 8.54. The smallest absolute Gasteiger partial charge is 0.376 e.